The zero-order valence-electron chi connectivity index (χ0n) is 12.2. The Balaban J connectivity index is 1.79. The average molecular weight is 310 g/mol. The van der Waals surface area contributed by atoms with E-state index in [1.807, 2.05) is 0 Å². The van der Waals surface area contributed by atoms with Gasteiger partial charge in [-0.3, -0.25) is 14.9 Å². The summed E-state index contributed by atoms with van der Waals surface area (Å²) in [5.74, 6) is -1.73. The maximum Gasteiger partial charge on any atom is 0.433 e. The summed E-state index contributed by atoms with van der Waals surface area (Å²) < 4.78 is 9.49. The lowest BCUT2D eigenvalue weighted by Crippen LogP contribution is -2.42. The van der Waals surface area contributed by atoms with E-state index in [0.717, 1.165) is 31.4 Å². The van der Waals surface area contributed by atoms with Crippen LogP contribution in [0.2, 0.25) is 0 Å². The molecular weight excluding hydrogens is 292 g/mol. The monoisotopic (exact) mass is 310 g/mol. The summed E-state index contributed by atoms with van der Waals surface area (Å²) in [4.78, 5) is 33.1. The van der Waals surface area contributed by atoms with Crippen molar-refractivity contribution in [3.05, 3.63) is 28.0 Å². The first-order valence-electron chi connectivity index (χ1n) is 7.18. The van der Waals surface area contributed by atoms with E-state index in [2.05, 4.69) is 12.2 Å². The zero-order chi connectivity index (χ0) is 16.1. The number of nitrogens with zero attached hydrogens (tertiary/aromatic N) is 1. The molecule has 8 nitrogen and oxygen atoms in total. The Morgan fingerprint density at radius 1 is 1.41 bits per heavy atom. The number of hydrogen-bond donors (Lipinski definition) is 1. The van der Waals surface area contributed by atoms with Gasteiger partial charge in [-0.2, -0.15) is 0 Å². The maximum atomic E-state index is 11.8. The zero-order valence-corrected chi connectivity index (χ0v) is 12.2. The van der Waals surface area contributed by atoms with Crippen molar-refractivity contribution in [2.75, 3.05) is 6.61 Å². The molecule has 0 spiro atoms. The number of amides is 1. The van der Waals surface area contributed by atoms with E-state index in [4.69, 9.17) is 9.15 Å². The normalized spacial score (nSPS) is 21.1. The molecule has 1 aromatic rings. The molecule has 1 fully saturated rings. The van der Waals surface area contributed by atoms with E-state index in [-0.39, 0.29) is 17.7 Å². The van der Waals surface area contributed by atoms with Crippen LogP contribution in [0.3, 0.4) is 0 Å². The highest BCUT2D eigenvalue weighted by molar-refractivity contribution is 5.89. The Morgan fingerprint density at radius 2 is 2.14 bits per heavy atom. The number of rotatable bonds is 5. The van der Waals surface area contributed by atoms with E-state index >= 15 is 0 Å². The SMILES string of the molecule is C[C@@H]1CCCC[C@H]1NC(=O)COC(=O)c1ccc([N+](=O)[O-])o1. The van der Waals surface area contributed by atoms with Crippen molar-refractivity contribution in [3.63, 3.8) is 0 Å². The summed E-state index contributed by atoms with van der Waals surface area (Å²) in [6.45, 7) is 1.65. The number of nitro groups is 1. The summed E-state index contributed by atoms with van der Waals surface area (Å²) in [6, 6.07) is 2.30. The molecule has 2 rings (SSSR count). The molecule has 1 aliphatic carbocycles. The number of esters is 1. The molecule has 0 saturated heterocycles. The third-order valence-electron chi connectivity index (χ3n) is 3.77. The summed E-state index contributed by atoms with van der Waals surface area (Å²) in [7, 11) is 0. The van der Waals surface area contributed by atoms with E-state index < -0.39 is 23.4 Å². The van der Waals surface area contributed by atoms with Gasteiger partial charge in [0.2, 0.25) is 5.76 Å². The lowest BCUT2D eigenvalue weighted by molar-refractivity contribution is -0.402. The first-order valence-corrected chi connectivity index (χ1v) is 7.18. The van der Waals surface area contributed by atoms with Crippen LogP contribution in [-0.2, 0) is 9.53 Å². The molecule has 2 atom stereocenters. The largest absolute Gasteiger partial charge is 0.450 e. The van der Waals surface area contributed by atoms with Gasteiger partial charge in [0.25, 0.3) is 5.91 Å². The molecule has 0 bridgehead atoms. The number of hydrogen-bond acceptors (Lipinski definition) is 6. The minimum atomic E-state index is -0.903. The molecule has 0 unspecified atom stereocenters. The summed E-state index contributed by atoms with van der Waals surface area (Å²) >= 11 is 0. The number of nitrogens with one attached hydrogen (secondary N) is 1. The third kappa shape index (κ3) is 4.06. The van der Waals surface area contributed by atoms with E-state index in [0.29, 0.717) is 5.92 Å². The van der Waals surface area contributed by atoms with Crippen molar-refractivity contribution in [2.45, 2.75) is 38.6 Å². The maximum absolute atomic E-state index is 11.8. The van der Waals surface area contributed by atoms with E-state index in [1.165, 1.54) is 6.42 Å². The van der Waals surface area contributed by atoms with Gasteiger partial charge in [0, 0.05) is 6.04 Å². The molecule has 8 heteroatoms. The molecule has 120 valence electrons. The number of furan rings is 1. The molecule has 0 aliphatic heterocycles. The second-order valence-electron chi connectivity index (χ2n) is 5.41. The van der Waals surface area contributed by atoms with Gasteiger partial charge in [0.15, 0.2) is 6.61 Å². The quantitative estimate of drug-likeness (QED) is 0.506. The molecule has 1 amide bonds. The van der Waals surface area contributed by atoms with Crippen LogP contribution in [0, 0.1) is 16.0 Å². The van der Waals surface area contributed by atoms with Crippen LogP contribution in [0.1, 0.15) is 43.2 Å². The second kappa shape index (κ2) is 7.06. The van der Waals surface area contributed by atoms with Gasteiger partial charge in [-0.15, -0.1) is 0 Å². The van der Waals surface area contributed by atoms with Gasteiger partial charge in [-0.05, 0) is 24.8 Å². The smallest absolute Gasteiger partial charge is 0.433 e. The molecule has 1 saturated carbocycles. The van der Waals surface area contributed by atoms with Gasteiger partial charge in [-0.1, -0.05) is 19.8 Å². The van der Waals surface area contributed by atoms with Gasteiger partial charge in [0.1, 0.15) is 4.92 Å². The fourth-order valence-corrected chi connectivity index (χ4v) is 2.52. The van der Waals surface area contributed by atoms with Crippen LogP contribution < -0.4 is 5.32 Å². The van der Waals surface area contributed by atoms with Crippen molar-refractivity contribution in [3.8, 4) is 0 Å². The first kappa shape index (κ1) is 16.0. The van der Waals surface area contributed by atoms with Crippen molar-refractivity contribution < 1.29 is 23.7 Å². The molecule has 1 aromatic heterocycles. The Labute approximate surface area is 127 Å². The molecular formula is C14H18N2O6. The van der Waals surface area contributed by atoms with Gasteiger partial charge in [-0.25, -0.2) is 4.79 Å². The highest BCUT2D eigenvalue weighted by Crippen LogP contribution is 2.23. The summed E-state index contributed by atoms with van der Waals surface area (Å²) in [6.07, 6.45) is 4.23. The fourth-order valence-electron chi connectivity index (χ4n) is 2.52. The molecule has 22 heavy (non-hydrogen) atoms. The minimum absolute atomic E-state index is 0.102. The molecule has 0 aromatic carbocycles. The van der Waals surface area contributed by atoms with Crippen LogP contribution in [0.15, 0.2) is 16.5 Å². The van der Waals surface area contributed by atoms with Crippen LogP contribution in [0.25, 0.3) is 0 Å². The molecule has 1 aliphatic rings. The molecule has 1 N–H and O–H groups in total. The van der Waals surface area contributed by atoms with Gasteiger partial charge in [0.05, 0.1) is 6.07 Å². The van der Waals surface area contributed by atoms with Crippen LogP contribution in [0.4, 0.5) is 5.88 Å². The second-order valence-corrected chi connectivity index (χ2v) is 5.41. The fraction of sp³-hybridized carbons (Fsp3) is 0.571. The lowest BCUT2D eigenvalue weighted by atomic mass is 9.86. The standard InChI is InChI=1S/C14H18N2O6/c1-9-4-2-3-5-10(9)15-12(17)8-21-14(18)11-6-7-13(22-11)16(19)20/h6-7,9-10H,2-5,8H2,1H3,(H,15,17)/t9-,10-/m1/s1. The topological polar surface area (TPSA) is 112 Å². The van der Waals surface area contributed by atoms with Crippen molar-refractivity contribution in [2.24, 2.45) is 5.92 Å². The summed E-state index contributed by atoms with van der Waals surface area (Å²) in [5, 5.41) is 13.3. The molecule has 0 radical (unpaired) electrons. The van der Waals surface area contributed by atoms with Crippen molar-refractivity contribution in [1.82, 2.24) is 5.32 Å². The summed E-state index contributed by atoms with van der Waals surface area (Å²) in [5.41, 5.74) is 0. The predicted octanol–water partition coefficient (Wildman–Crippen LogP) is 2.04. The van der Waals surface area contributed by atoms with Crippen molar-refractivity contribution in [1.29, 1.82) is 0 Å². The average Bonchev–Trinajstić information content (AvgIpc) is 2.97. The lowest BCUT2D eigenvalue weighted by Gasteiger charge is -2.29. The van der Waals surface area contributed by atoms with E-state index in [9.17, 15) is 19.7 Å². The van der Waals surface area contributed by atoms with Gasteiger partial charge >= 0.3 is 11.9 Å². The van der Waals surface area contributed by atoms with Gasteiger partial charge < -0.3 is 14.5 Å². The Hall–Kier alpha value is -2.38. The van der Waals surface area contributed by atoms with E-state index in [1.54, 1.807) is 0 Å². The van der Waals surface area contributed by atoms with Crippen LogP contribution in [0.5, 0.6) is 0 Å². The number of carbonyl (C=O) groups is 2. The number of ether oxygens (including phenoxy) is 1. The molecule has 1 heterocycles. The Kier molecular flexibility index (Phi) is 5.13. The Bertz CT molecular complexity index is 567. The third-order valence-corrected chi connectivity index (χ3v) is 3.77. The van der Waals surface area contributed by atoms with Crippen LogP contribution >= 0.6 is 0 Å². The highest BCUT2D eigenvalue weighted by atomic mass is 16.7. The predicted molar refractivity (Wildman–Crippen MR) is 75.2 cm³/mol. The highest BCUT2D eigenvalue weighted by Gasteiger charge is 2.24. The van der Waals surface area contributed by atoms with Crippen molar-refractivity contribution >= 4 is 17.8 Å². The Morgan fingerprint density at radius 3 is 2.77 bits per heavy atom. The minimum Gasteiger partial charge on any atom is -0.450 e. The first-order chi connectivity index (χ1) is 10.5. The van der Waals surface area contributed by atoms with Crippen LogP contribution in [-0.4, -0.2) is 29.4 Å². The number of carbonyl (C=O) groups excluding carboxylic acids is 2.